The average molecular weight is 200 g/mol. The van der Waals surface area contributed by atoms with Crippen LogP contribution < -0.4 is 11.1 Å². The summed E-state index contributed by atoms with van der Waals surface area (Å²) in [6, 6.07) is 3.50. The zero-order chi connectivity index (χ0) is 10.1. The van der Waals surface area contributed by atoms with Crippen LogP contribution in [0.1, 0.15) is 23.5 Å². The number of thiophene rings is 1. The molecular weight excluding hydrogens is 184 g/mol. The fraction of sp³-hybridized carbons (Fsp3) is 0.444. The second-order valence-electron chi connectivity index (χ2n) is 2.30. The molecule has 0 radical (unpaired) electrons. The summed E-state index contributed by atoms with van der Waals surface area (Å²) in [5.41, 5.74) is 4.93. The van der Waals surface area contributed by atoms with Crippen molar-refractivity contribution < 1.29 is 4.79 Å². The molecule has 1 amide bonds. The molecule has 1 aromatic heterocycles. The predicted octanol–water partition coefficient (Wildman–Crippen LogP) is 1.46. The molecule has 1 heterocycles. The van der Waals surface area contributed by atoms with Gasteiger partial charge < -0.3 is 11.1 Å². The number of amides is 1. The van der Waals surface area contributed by atoms with Crippen molar-refractivity contribution in [1.29, 1.82) is 0 Å². The molecule has 4 heteroatoms. The zero-order valence-electron chi connectivity index (χ0n) is 8.04. The van der Waals surface area contributed by atoms with Crippen LogP contribution in [0.15, 0.2) is 17.5 Å². The SMILES string of the molecule is CCNCC.NC(=O)c1cccs1. The van der Waals surface area contributed by atoms with Gasteiger partial charge in [-0.15, -0.1) is 11.3 Å². The number of primary amides is 1. The van der Waals surface area contributed by atoms with E-state index in [1.807, 2.05) is 5.38 Å². The number of rotatable bonds is 3. The van der Waals surface area contributed by atoms with Gasteiger partial charge in [0.25, 0.3) is 5.91 Å². The van der Waals surface area contributed by atoms with Crippen molar-refractivity contribution in [2.45, 2.75) is 13.8 Å². The van der Waals surface area contributed by atoms with Gasteiger partial charge in [-0.3, -0.25) is 4.79 Å². The first-order chi connectivity index (χ1) is 6.22. The Hall–Kier alpha value is -0.870. The molecule has 3 nitrogen and oxygen atoms in total. The Labute approximate surface area is 83.0 Å². The minimum Gasteiger partial charge on any atom is -0.365 e. The minimum atomic E-state index is -0.347. The molecule has 0 atom stereocenters. The lowest BCUT2D eigenvalue weighted by atomic mass is 10.5. The van der Waals surface area contributed by atoms with Crippen molar-refractivity contribution in [2.24, 2.45) is 5.73 Å². The molecule has 74 valence electrons. The number of hydrogen-bond acceptors (Lipinski definition) is 3. The molecule has 0 saturated heterocycles. The Morgan fingerprint density at radius 2 is 2.15 bits per heavy atom. The first-order valence-corrected chi connectivity index (χ1v) is 5.14. The molecule has 0 aliphatic heterocycles. The highest BCUT2D eigenvalue weighted by molar-refractivity contribution is 7.12. The third-order valence-electron chi connectivity index (χ3n) is 1.26. The Balaban J connectivity index is 0.000000252. The molecule has 0 aromatic carbocycles. The third-order valence-corrected chi connectivity index (χ3v) is 2.15. The van der Waals surface area contributed by atoms with Crippen molar-refractivity contribution >= 4 is 17.2 Å². The second-order valence-corrected chi connectivity index (χ2v) is 3.25. The summed E-state index contributed by atoms with van der Waals surface area (Å²) in [7, 11) is 0. The van der Waals surface area contributed by atoms with E-state index in [-0.39, 0.29) is 5.91 Å². The van der Waals surface area contributed by atoms with Gasteiger partial charge in [0.05, 0.1) is 4.88 Å². The fourth-order valence-corrected chi connectivity index (χ4v) is 1.25. The van der Waals surface area contributed by atoms with Gasteiger partial charge in [-0.25, -0.2) is 0 Å². The number of nitrogens with two attached hydrogens (primary N) is 1. The van der Waals surface area contributed by atoms with Crippen LogP contribution in [0.5, 0.6) is 0 Å². The maximum atomic E-state index is 10.3. The van der Waals surface area contributed by atoms with Gasteiger partial charge in [0.1, 0.15) is 0 Å². The van der Waals surface area contributed by atoms with Gasteiger partial charge in [0.15, 0.2) is 0 Å². The topological polar surface area (TPSA) is 55.1 Å². The summed E-state index contributed by atoms with van der Waals surface area (Å²) in [5.74, 6) is -0.347. The molecule has 13 heavy (non-hydrogen) atoms. The Morgan fingerprint density at radius 1 is 1.54 bits per heavy atom. The largest absolute Gasteiger partial charge is 0.365 e. The first-order valence-electron chi connectivity index (χ1n) is 4.26. The minimum absolute atomic E-state index is 0.347. The molecule has 0 bridgehead atoms. The van der Waals surface area contributed by atoms with Crippen molar-refractivity contribution in [1.82, 2.24) is 5.32 Å². The lowest BCUT2D eigenvalue weighted by Crippen LogP contribution is -2.09. The summed E-state index contributed by atoms with van der Waals surface area (Å²) in [4.78, 5) is 10.9. The quantitative estimate of drug-likeness (QED) is 0.776. The third kappa shape index (κ3) is 6.31. The van der Waals surface area contributed by atoms with Gasteiger partial charge in [-0.05, 0) is 24.5 Å². The standard InChI is InChI=1S/C5H5NOS.C4H11N/c6-5(7)4-2-1-3-8-4;1-3-5-4-2/h1-3H,(H2,6,7);5H,3-4H2,1-2H3. The van der Waals surface area contributed by atoms with Gasteiger partial charge in [-0.2, -0.15) is 0 Å². The van der Waals surface area contributed by atoms with E-state index in [1.54, 1.807) is 12.1 Å². The molecule has 0 fully saturated rings. The summed E-state index contributed by atoms with van der Waals surface area (Å²) in [6.07, 6.45) is 0. The highest BCUT2D eigenvalue weighted by atomic mass is 32.1. The van der Waals surface area contributed by atoms with Crippen LogP contribution in [-0.2, 0) is 0 Å². The second kappa shape index (κ2) is 7.76. The fourth-order valence-electron chi connectivity index (χ4n) is 0.669. The molecule has 0 aliphatic rings. The van der Waals surface area contributed by atoms with Crippen LogP contribution in [0.2, 0.25) is 0 Å². The molecule has 1 rings (SSSR count). The van der Waals surface area contributed by atoms with Crippen LogP contribution in [0.25, 0.3) is 0 Å². The van der Waals surface area contributed by atoms with E-state index in [9.17, 15) is 4.79 Å². The van der Waals surface area contributed by atoms with E-state index in [0.29, 0.717) is 4.88 Å². The van der Waals surface area contributed by atoms with Crippen LogP contribution in [0.4, 0.5) is 0 Å². The van der Waals surface area contributed by atoms with Crippen molar-refractivity contribution in [2.75, 3.05) is 13.1 Å². The van der Waals surface area contributed by atoms with Crippen LogP contribution in [0, 0.1) is 0 Å². The van der Waals surface area contributed by atoms with E-state index < -0.39 is 0 Å². The van der Waals surface area contributed by atoms with E-state index in [1.165, 1.54) is 11.3 Å². The van der Waals surface area contributed by atoms with E-state index >= 15 is 0 Å². The van der Waals surface area contributed by atoms with Crippen LogP contribution >= 0.6 is 11.3 Å². The average Bonchev–Trinajstić information content (AvgIpc) is 2.58. The molecule has 0 spiro atoms. The normalized spacial score (nSPS) is 8.77. The summed E-state index contributed by atoms with van der Waals surface area (Å²) >= 11 is 1.36. The summed E-state index contributed by atoms with van der Waals surface area (Å²) in [5, 5.41) is 4.93. The van der Waals surface area contributed by atoms with Crippen LogP contribution in [0.3, 0.4) is 0 Å². The van der Waals surface area contributed by atoms with Crippen molar-refractivity contribution in [3.8, 4) is 0 Å². The number of carbonyl (C=O) groups excluding carboxylic acids is 1. The van der Waals surface area contributed by atoms with Crippen molar-refractivity contribution in [3.05, 3.63) is 22.4 Å². The number of hydrogen-bond donors (Lipinski definition) is 2. The highest BCUT2D eigenvalue weighted by Crippen LogP contribution is 2.05. The van der Waals surface area contributed by atoms with Gasteiger partial charge in [0, 0.05) is 0 Å². The number of nitrogens with one attached hydrogen (secondary N) is 1. The van der Waals surface area contributed by atoms with Gasteiger partial charge in [0.2, 0.25) is 0 Å². The Morgan fingerprint density at radius 3 is 2.31 bits per heavy atom. The lowest BCUT2D eigenvalue weighted by molar-refractivity contribution is 0.100. The lowest BCUT2D eigenvalue weighted by Gasteiger charge is -1.86. The van der Waals surface area contributed by atoms with E-state index in [2.05, 4.69) is 19.2 Å². The molecule has 0 saturated carbocycles. The Kier molecular flexibility index (Phi) is 7.24. The monoisotopic (exact) mass is 200 g/mol. The van der Waals surface area contributed by atoms with Gasteiger partial charge in [-0.1, -0.05) is 19.9 Å². The van der Waals surface area contributed by atoms with Crippen LogP contribution in [-0.4, -0.2) is 19.0 Å². The maximum absolute atomic E-state index is 10.3. The molecular formula is C9H16N2OS. The predicted molar refractivity (Wildman–Crippen MR) is 57.1 cm³/mol. The zero-order valence-corrected chi connectivity index (χ0v) is 8.86. The van der Waals surface area contributed by atoms with Crippen molar-refractivity contribution in [3.63, 3.8) is 0 Å². The Bertz CT molecular complexity index is 220. The smallest absolute Gasteiger partial charge is 0.258 e. The van der Waals surface area contributed by atoms with E-state index in [0.717, 1.165) is 13.1 Å². The first kappa shape index (κ1) is 12.1. The van der Waals surface area contributed by atoms with E-state index in [4.69, 9.17) is 5.73 Å². The number of carbonyl (C=O) groups is 1. The highest BCUT2D eigenvalue weighted by Gasteiger charge is 1.96. The molecule has 0 unspecified atom stereocenters. The maximum Gasteiger partial charge on any atom is 0.258 e. The summed E-state index contributed by atoms with van der Waals surface area (Å²) in [6.45, 7) is 6.39. The molecule has 1 aromatic rings. The molecule has 3 N–H and O–H groups in total. The molecule has 0 aliphatic carbocycles. The van der Waals surface area contributed by atoms with Gasteiger partial charge >= 0.3 is 0 Å². The summed E-state index contributed by atoms with van der Waals surface area (Å²) < 4.78 is 0.